The SMILES string of the molecule is CC[PH](CC)(CC)CC.FC(F)F.F[B-](F)(F)F.F[B-](F)(F)F.F[B-](F)(F)F. The molecule has 0 atom stereocenters. The molecule has 0 heterocycles. The summed E-state index contributed by atoms with van der Waals surface area (Å²) >= 11 is 0. The maximum atomic E-state index is 9.75. The van der Waals surface area contributed by atoms with E-state index < -0.39 is 35.7 Å². The van der Waals surface area contributed by atoms with E-state index in [1.54, 1.807) is 0 Å². The van der Waals surface area contributed by atoms with Crippen LogP contribution in [0.1, 0.15) is 27.7 Å². The third kappa shape index (κ3) is 115. The van der Waals surface area contributed by atoms with Crippen molar-refractivity contribution in [3.8, 4) is 0 Å². The van der Waals surface area contributed by atoms with E-state index in [4.69, 9.17) is 0 Å². The Hall–Kier alpha value is -0.425. The zero-order chi connectivity index (χ0) is 24.4. The monoisotopic (exact) mass is 479 g/mol. The van der Waals surface area contributed by atoms with Gasteiger partial charge in [0, 0.05) is 0 Å². The van der Waals surface area contributed by atoms with Crippen LogP contribution in [-0.2, 0) is 0 Å². The summed E-state index contributed by atoms with van der Waals surface area (Å²) in [5.74, 6) is 0. The molecule has 0 aromatic rings. The van der Waals surface area contributed by atoms with Crippen LogP contribution in [0.15, 0.2) is 0 Å². The molecule has 0 aromatic heterocycles. The summed E-state index contributed by atoms with van der Waals surface area (Å²) in [4.78, 5) is 0. The van der Waals surface area contributed by atoms with Gasteiger partial charge in [0.15, 0.2) is 0 Å². The molecule has 0 unspecified atom stereocenters. The summed E-state index contributed by atoms with van der Waals surface area (Å²) in [7, 11) is -18.7. The van der Waals surface area contributed by atoms with Crippen LogP contribution in [-0.4, -0.2) is 53.1 Å². The normalized spacial score (nSPS) is 12.1. The zero-order valence-electron chi connectivity index (χ0n) is 15.3. The molecule has 0 fully saturated rings. The van der Waals surface area contributed by atoms with Crippen molar-refractivity contribution < 1.29 is 65.0 Å². The largest absolute Gasteiger partial charge is 0.673 e. The molecule has 28 heavy (non-hydrogen) atoms. The smallest absolute Gasteiger partial charge is 0.418 e. The summed E-state index contributed by atoms with van der Waals surface area (Å²) in [6.07, 6.45) is 5.93. The van der Waals surface area contributed by atoms with E-state index in [1.165, 1.54) is 24.6 Å². The van der Waals surface area contributed by atoms with Gasteiger partial charge < -0.3 is 51.8 Å². The van der Waals surface area contributed by atoms with Gasteiger partial charge in [-0.05, 0) is 0 Å². The van der Waals surface area contributed by atoms with Gasteiger partial charge in [-0.15, -0.1) is 0 Å². The molecular formula is C9H22B3F15P-3. The van der Waals surface area contributed by atoms with E-state index in [2.05, 4.69) is 27.7 Å². The molecule has 0 saturated carbocycles. The predicted octanol–water partition coefficient (Wildman–Crippen LogP) is 7.89. The molecule has 180 valence electrons. The first-order valence-electron chi connectivity index (χ1n) is 7.52. The van der Waals surface area contributed by atoms with Gasteiger partial charge in [0.05, 0.1) is 0 Å². The second kappa shape index (κ2) is 18.6. The number of rotatable bonds is 4. The van der Waals surface area contributed by atoms with E-state index >= 15 is 0 Å². The minimum Gasteiger partial charge on any atom is -0.418 e. The van der Waals surface area contributed by atoms with Gasteiger partial charge >= 0.3 is 88.0 Å². The first-order chi connectivity index (χ1) is 12.0. The summed E-state index contributed by atoms with van der Waals surface area (Å²) in [5, 5.41) is 0. The summed E-state index contributed by atoms with van der Waals surface area (Å²) in [6, 6.07) is 0. The van der Waals surface area contributed by atoms with Crippen molar-refractivity contribution in [2.45, 2.75) is 34.4 Å². The van der Waals surface area contributed by atoms with Crippen molar-refractivity contribution in [2.75, 3.05) is 24.6 Å². The zero-order valence-corrected chi connectivity index (χ0v) is 16.3. The van der Waals surface area contributed by atoms with E-state index in [0.29, 0.717) is 0 Å². The van der Waals surface area contributed by atoms with Crippen molar-refractivity contribution in [1.29, 1.82) is 0 Å². The Bertz CT molecular complexity index is 247. The minimum absolute atomic E-state index is 0.691. The molecule has 0 aliphatic rings. The van der Waals surface area contributed by atoms with Crippen LogP contribution in [0.5, 0.6) is 0 Å². The molecule has 0 saturated heterocycles. The standard InChI is InChI=1S/C8H21P.CHF3.3BF4/c1-5-9(6-2,7-3)8-4;2-1(3)4;3*2-1(3,4)5/h9H,5-8H2,1-4H3;1H;;;/q;;3*-1. The number of alkyl halides is 3. The van der Waals surface area contributed by atoms with Crippen molar-refractivity contribution in [3.63, 3.8) is 0 Å². The topological polar surface area (TPSA) is 0 Å². The molecule has 0 aliphatic heterocycles. The van der Waals surface area contributed by atoms with Gasteiger partial charge in [-0.2, -0.15) is 13.2 Å². The maximum Gasteiger partial charge on any atom is 0.673 e. The third-order valence-electron chi connectivity index (χ3n) is 3.00. The second-order valence-electron chi connectivity index (χ2n) is 4.65. The molecule has 0 spiro atoms. The molecule has 0 amide bonds. The van der Waals surface area contributed by atoms with Crippen LogP contribution in [0.3, 0.4) is 0 Å². The number of hydrogen-bond donors (Lipinski definition) is 0. The molecule has 0 aliphatic carbocycles. The molecule has 0 bridgehead atoms. The van der Waals surface area contributed by atoms with Crippen LogP contribution in [0.4, 0.5) is 65.0 Å². The fourth-order valence-corrected chi connectivity index (χ4v) is 4.50. The van der Waals surface area contributed by atoms with Crippen LogP contribution < -0.4 is 0 Å². The Morgan fingerprint density at radius 3 is 0.536 bits per heavy atom. The predicted molar refractivity (Wildman–Crippen MR) is 88.1 cm³/mol. The van der Waals surface area contributed by atoms with Crippen LogP contribution in [0.2, 0.25) is 0 Å². The quantitative estimate of drug-likeness (QED) is 0.219. The average molecular weight is 479 g/mol. The Labute approximate surface area is 154 Å². The fraction of sp³-hybridized carbons (Fsp3) is 1.00. The van der Waals surface area contributed by atoms with Gasteiger partial charge in [0.25, 0.3) is 0 Å². The maximum absolute atomic E-state index is 9.75. The number of halogens is 15. The summed E-state index contributed by atoms with van der Waals surface area (Å²) in [5.41, 5.74) is 0. The Morgan fingerprint density at radius 1 is 0.464 bits per heavy atom. The molecule has 0 nitrogen and oxygen atoms in total. The van der Waals surface area contributed by atoms with E-state index in [9.17, 15) is 65.0 Å². The fourth-order valence-electron chi connectivity index (χ4n) is 1.50. The van der Waals surface area contributed by atoms with E-state index in [0.717, 1.165) is 0 Å². The van der Waals surface area contributed by atoms with E-state index in [1.807, 2.05) is 0 Å². The van der Waals surface area contributed by atoms with Gasteiger partial charge in [0.1, 0.15) is 0 Å². The van der Waals surface area contributed by atoms with Crippen LogP contribution >= 0.6 is 7.26 Å². The average Bonchev–Trinajstić information content (AvgIpc) is 2.35. The van der Waals surface area contributed by atoms with E-state index in [-0.39, 0.29) is 0 Å². The van der Waals surface area contributed by atoms with Gasteiger partial charge in [0.2, 0.25) is 0 Å². The Balaban J connectivity index is -0.0000000819. The summed E-state index contributed by atoms with van der Waals surface area (Å²) in [6.45, 7) is 5.79. The minimum atomic E-state index is -6.00. The van der Waals surface area contributed by atoms with Crippen molar-refractivity contribution in [2.24, 2.45) is 0 Å². The molecule has 19 heteroatoms. The van der Waals surface area contributed by atoms with Gasteiger partial charge in [-0.25, -0.2) is 0 Å². The van der Waals surface area contributed by atoms with Crippen molar-refractivity contribution in [3.05, 3.63) is 0 Å². The second-order valence-corrected chi connectivity index (χ2v) is 10.5. The Kier molecular flexibility index (Phi) is 25.4. The first kappa shape index (κ1) is 38.2. The van der Waals surface area contributed by atoms with Crippen molar-refractivity contribution in [1.82, 2.24) is 0 Å². The molecule has 0 aromatic carbocycles. The molecule has 0 rings (SSSR count). The van der Waals surface area contributed by atoms with Crippen LogP contribution in [0, 0.1) is 0 Å². The van der Waals surface area contributed by atoms with Crippen LogP contribution in [0.25, 0.3) is 0 Å². The Morgan fingerprint density at radius 2 is 0.536 bits per heavy atom. The molecular weight excluding hydrogens is 456 g/mol. The van der Waals surface area contributed by atoms with Gasteiger partial charge in [-0.3, -0.25) is 0 Å². The first-order valence-corrected chi connectivity index (χ1v) is 10.3. The molecule has 0 radical (unpaired) electrons. The number of hydrogen-bond acceptors (Lipinski definition) is 0. The summed E-state index contributed by atoms with van der Waals surface area (Å²) < 4.78 is 146. The third-order valence-corrected chi connectivity index (χ3v) is 9.00. The molecule has 0 N–H and O–H groups in total. The van der Waals surface area contributed by atoms with Gasteiger partial charge in [-0.1, -0.05) is 0 Å². The van der Waals surface area contributed by atoms with Crippen molar-refractivity contribution >= 4 is 29.0 Å².